The molecule has 0 aliphatic heterocycles. The number of nitrogens with zero attached hydrogens (tertiary/aromatic N) is 2. The van der Waals surface area contributed by atoms with Gasteiger partial charge >= 0.3 is 18.1 Å². The van der Waals surface area contributed by atoms with Gasteiger partial charge in [0.05, 0.1) is 7.11 Å². The van der Waals surface area contributed by atoms with Crippen molar-refractivity contribution >= 4 is 11.9 Å². The Morgan fingerprint density at radius 2 is 1.94 bits per heavy atom. The van der Waals surface area contributed by atoms with Crippen molar-refractivity contribution in [2.75, 3.05) is 7.11 Å². The maximum Gasteiger partial charge on any atom is 0.490 e. The molecule has 0 aliphatic rings. The maximum absolute atomic E-state index is 10.7. The van der Waals surface area contributed by atoms with Crippen LogP contribution in [0.15, 0.2) is 18.6 Å². The van der Waals surface area contributed by atoms with Crippen molar-refractivity contribution in [2.45, 2.75) is 6.18 Å². The van der Waals surface area contributed by atoms with Gasteiger partial charge in [-0.15, -0.1) is 0 Å². The first-order chi connectivity index (χ1) is 7.79. The van der Waals surface area contributed by atoms with Crippen molar-refractivity contribution in [3.05, 3.63) is 24.3 Å². The fraction of sp³-hybridized carbons (Fsp3) is 0.250. The van der Waals surface area contributed by atoms with Crippen LogP contribution >= 0.6 is 0 Å². The number of hydrogen-bond acceptors (Lipinski definition) is 5. The van der Waals surface area contributed by atoms with Crippen molar-refractivity contribution < 1.29 is 32.6 Å². The number of halogens is 3. The number of aromatic nitrogens is 2. The molecule has 1 aromatic heterocycles. The number of carboxylic acids is 1. The molecule has 0 bridgehead atoms. The molecule has 0 saturated carbocycles. The van der Waals surface area contributed by atoms with Crippen molar-refractivity contribution in [1.29, 1.82) is 0 Å². The molecular weight excluding hydrogens is 245 g/mol. The summed E-state index contributed by atoms with van der Waals surface area (Å²) in [6.07, 6.45) is -2.30. The first kappa shape index (κ1) is 14.8. The predicted octanol–water partition coefficient (Wildman–Crippen LogP) is 0.896. The largest absolute Gasteiger partial charge is 0.490 e. The van der Waals surface area contributed by atoms with E-state index in [-0.39, 0.29) is 5.69 Å². The van der Waals surface area contributed by atoms with E-state index in [0.717, 1.165) is 0 Å². The SMILES string of the molecule is COC(=O)c1ccncn1.O=C(O)C(F)(F)F. The Labute approximate surface area is 93.1 Å². The molecule has 0 atom stereocenters. The summed E-state index contributed by atoms with van der Waals surface area (Å²) in [6.45, 7) is 0. The number of esters is 1. The highest BCUT2D eigenvalue weighted by Crippen LogP contribution is 2.13. The Morgan fingerprint density at radius 1 is 1.41 bits per heavy atom. The summed E-state index contributed by atoms with van der Waals surface area (Å²) in [5.74, 6) is -3.20. The molecule has 0 unspecified atom stereocenters. The second kappa shape index (κ2) is 6.40. The van der Waals surface area contributed by atoms with Gasteiger partial charge in [0.15, 0.2) is 5.69 Å². The number of rotatable bonds is 1. The normalized spacial score (nSPS) is 9.88. The van der Waals surface area contributed by atoms with E-state index in [0.29, 0.717) is 0 Å². The summed E-state index contributed by atoms with van der Waals surface area (Å²) in [5, 5.41) is 7.12. The van der Waals surface area contributed by atoms with Crippen LogP contribution in [0.3, 0.4) is 0 Å². The Bertz CT molecular complexity index is 380. The second-order valence-corrected chi connectivity index (χ2v) is 2.39. The van der Waals surface area contributed by atoms with E-state index < -0.39 is 18.1 Å². The van der Waals surface area contributed by atoms with E-state index >= 15 is 0 Å². The Morgan fingerprint density at radius 3 is 2.24 bits per heavy atom. The number of alkyl halides is 3. The molecule has 0 aromatic carbocycles. The molecule has 0 amide bonds. The number of ether oxygens (including phenoxy) is 1. The molecule has 17 heavy (non-hydrogen) atoms. The van der Waals surface area contributed by atoms with E-state index in [9.17, 15) is 18.0 Å². The van der Waals surface area contributed by atoms with Gasteiger partial charge in [0.1, 0.15) is 6.33 Å². The van der Waals surface area contributed by atoms with Crippen LogP contribution < -0.4 is 0 Å². The number of hydrogen-bond donors (Lipinski definition) is 1. The van der Waals surface area contributed by atoms with Crippen molar-refractivity contribution in [3.8, 4) is 0 Å². The molecule has 6 nitrogen and oxygen atoms in total. The Kier molecular flexibility index (Phi) is 5.58. The van der Waals surface area contributed by atoms with Crippen LogP contribution in [0.4, 0.5) is 13.2 Å². The fourth-order valence-electron chi connectivity index (χ4n) is 0.516. The first-order valence-electron chi connectivity index (χ1n) is 3.93. The molecule has 0 radical (unpaired) electrons. The smallest absolute Gasteiger partial charge is 0.475 e. The van der Waals surface area contributed by atoms with Crippen molar-refractivity contribution in [3.63, 3.8) is 0 Å². The van der Waals surface area contributed by atoms with E-state index in [2.05, 4.69) is 14.7 Å². The van der Waals surface area contributed by atoms with Gasteiger partial charge in [-0.05, 0) is 6.07 Å². The number of carbonyl (C=O) groups excluding carboxylic acids is 1. The van der Waals surface area contributed by atoms with Gasteiger partial charge < -0.3 is 9.84 Å². The van der Waals surface area contributed by atoms with E-state index in [1.54, 1.807) is 0 Å². The Balaban J connectivity index is 0.000000325. The van der Waals surface area contributed by atoms with Gasteiger partial charge in [0.25, 0.3) is 0 Å². The first-order valence-corrected chi connectivity index (χ1v) is 3.93. The number of carbonyl (C=O) groups is 2. The molecule has 1 heterocycles. The van der Waals surface area contributed by atoms with Crippen LogP contribution in [0.1, 0.15) is 10.5 Å². The minimum Gasteiger partial charge on any atom is -0.475 e. The zero-order valence-electron chi connectivity index (χ0n) is 8.43. The van der Waals surface area contributed by atoms with Gasteiger partial charge in [0, 0.05) is 6.20 Å². The summed E-state index contributed by atoms with van der Waals surface area (Å²) < 4.78 is 36.1. The zero-order valence-corrected chi connectivity index (χ0v) is 8.43. The lowest BCUT2D eigenvalue weighted by Gasteiger charge is -1.93. The van der Waals surface area contributed by atoms with Crippen LogP contribution in [-0.4, -0.2) is 40.3 Å². The van der Waals surface area contributed by atoms with Gasteiger partial charge in [-0.25, -0.2) is 19.6 Å². The lowest BCUT2D eigenvalue weighted by molar-refractivity contribution is -0.192. The van der Waals surface area contributed by atoms with E-state index in [1.165, 1.54) is 25.7 Å². The molecule has 1 rings (SSSR count). The highest BCUT2D eigenvalue weighted by atomic mass is 19.4. The molecule has 0 aliphatic carbocycles. The standard InChI is InChI=1S/C6H6N2O2.C2HF3O2/c1-10-6(9)5-2-3-7-4-8-5;3-2(4,5)1(6)7/h2-4H,1H3;(H,6,7). The van der Waals surface area contributed by atoms with Gasteiger partial charge in [-0.2, -0.15) is 13.2 Å². The average Bonchev–Trinajstić information content (AvgIpc) is 2.28. The third-order valence-corrected chi connectivity index (χ3v) is 1.22. The topological polar surface area (TPSA) is 89.4 Å². The summed E-state index contributed by atoms with van der Waals surface area (Å²) in [7, 11) is 1.31. The zero-order chi connectivity index (χ0) is 13.5. The third-order valence-electron chi connectivity index (χ3n) is 1.22. The van der Waals surface area contributed by atoms with Crippen LogP contribution in [0, 0.1) is 0 Å². The van der Waals surface area contributed by atoms with Crippen LogP contribution in [0.2, 0.25) is 0 Å². The van der Waals surface area contributed by atoms with Gasteiger partial charge in [-0.3, -0.25) is 0 Å². The number of carboxylic acid groups (broad SMARTS) is 1. The monoisotopic (exact) mass is 252 g/mol. The van der Waals surface area contributed by atoms with Gasteiger partial charge in [-0.1, -0.05) is 0 Å². The van der Waals surface area contributed by atoms with Crippen molar-refractivity contribution in [2.24, 2.45) is 0 Å². The quantitative estimate of drug-likeness (QED) is 0.747. The predicted molar refractivity (Wildman–Crippen MR) is 47.1 cm³/mol. The minimum absolute atomic E-state index is 0.275. The molecule has 0 fully saturated rings. The Hall–Kier alpha value is -2.19. The lowest BCUT2D eigenvalue weighted by atomic mass is 10.4. The summed E-state index contributed by atoms with van der Waals surface area (Å²) in [6, 6.07) is 1.49. The molecule has 94 valence electrons. The third kappa shape index (κ3) is 6.07. The summed E-state index contributed by atoms with van der Waals surface area (Å²) >= 11 is 0. The van der Waals surface area contributed by atoms with E-state index in [1.807, 2.05) is 0 Å². The molecule has 1 aromatic rings. The fourth-order valence-corrected chi connectivity index (χ4v) is 0.516. The second-order valence-electron chi connectivity index (χ2n) is 2.39. The molecule has 9 heteroatoms. The van der Waals surface area contributed by atoms with Crippen molar-refractivity contribution in [1.82, 2.24) is 9.97 Å². The molecular formula is C8H7F3N2O4. The molecule has 1 N–H and O–H groups in total. The summed E-state index contributed by atoms with van der Waals surface area (Å²) in [5.41, 5.74) is 0.275. The minimum atomic E-state index is -5.08. The number of aliphatic carboxylic acids is 1. The maximum atomic E-state index is 10.7. The van der Waals surface area contributed by atoms with Gasteiger partial charge in [0.2, 0.25) is 0 Å². The summed E-state index contributed by atoms with van der Waals surface area (Å²) in [4.78, 5) is 26.9. The highest BCUT2D eigenvalue weighted by Gasteiger charge is 2.38. The number of methoxy groups -OCH3 is 1. The lowest BCUT2D eigenvalue weighted by Crippen LogP contribution is -2.21. The van der Waals surface area contributed by atoms with Crippen LogP contribution in [0.25, 0.3) is 0 Å². The van der Waals surface area contributed by atoms with Crippen LogP contribution in [-0.2, 0) is 9.53 Å². The highest BCUT2D eigenvalue weighted by molar-refractivity contribution is 5.86. The average molecular weight is 252 g/mol. The van der Waals surface area contributed by atoms with E-state index in [4.69, 9.17) is 9.90 Å². The molecule has 0 saturated heterocycles. The molecule has 0 spiro atoms. The van der Waals surface area contributed by atoms with Crippen LogP contribution in [0.5, 0.6) is 0 Å².